The van der Waals surface area contributed by atoms with E-state index in [-0.39, 0.29) is 11.6 Å². The molecule has 0 unspecified atom stereocenters. The molecule has 0 aromatic carbocycles. The third-order valence-corrected chi connectivity index (χ3v) is 6.00. The predicted molar refractivity (Wildman–Crippen MR) is 128 cm³/mol. The van der Waals surface area contributed by atoms with Crippen LogP contribution in [-0.2, 0) is 11.3 Å². The number of ether oxygens (including phenoxy) is 1. The molecule has 4 N–H and O–H groups in total. The number of rotatable bonds is 6. The van der Waals surface area contributed by atoms with Crippen molar-refractivity contribution in [1.29, 1.82) is 0 Å². The van der Waals surface area contributed by atoms with Crippen LogP contribution in [0.3, 0.4) is 0 Å². The Kier molecular flexibility index (Phi) is 5.41. The maximum Gasteiger partial charge on any atom is 0.326 e. The predicted octanol–water partition coefficient (Wildman–Crippen LogP) is -0.0942. The molecule has 1 aliphatic carbocycles. The molecule has 1 aliphatic heterocycles. The third-order valence-electron chi connectivity index (χ3n) is 6.00. The van der Waals surface area contributed by atoms with Crippen LogP contribution in [0.15, 0.2) is 40.4 Å². The molecule has 0 radical (unpaired) electrons. The van der Waals surface area contributed by atoms with Crippen molar-refractivity contribution in [2.24, 2.45) is 4.99 Å². The van der Waals surface area contributed by atoms with Crippen LogP contribution < -0.4 is 26.6 Å². The summed E-state index contributed by atoms with van der Waals surface area (Å²) in [6.07, 6.45) is 7.21. The maximum atomic E-state index is 11.5. The van der Waals surface area contributed by atoms with Crippen molar-refractivity contribution >= 4 is 23.4 Å². The van der Waals surface area contributed by atoms with E-state index in [2.05, 4.69) is 36.3 Å². The summed E-state index contributed by atoms with van der Waals surface area (Å²) in [5.74, 6) is 1.36. The van der Waals surface area contributed by atoms with Gasteiger partial charge in [0.25, 0.3) is 0 Å². The number of H-pyrrole nitrogens is 2. The molecule has 4 aromatic rings. The van der Waals surface area contributed by atoms with Crippen molar-refractivity contribution in [1.82, 2.24) is 29.5 Å². The Morgan fingerprint density at radius 3 is 2.89 bits per heavy atom. The van der Waals surface area contributed by atoms with Crippen LogP contribution in [0.5, 0.6) is 5.88 Å². The third kappa shape index (κ3) is 4.60. The number of aromatic amines is 2. The molecule has 1 saturated heterocycles. The number of hydrogen-bond donors (Lipinski definition) is 4. The molecule has 4 aromatic heterocycles. The van der Waals surface area contributed by atoms with Gasteiger partial charge in [0.05, 0.1) is 25.5 Å². The van der Waals surface area contributed by atoms with E-state index in [9.17, 15) is 9.90 Å². The van der Waals surface area contributed by atoms with Crippen LogP contribution in [-0.4, -0.2) is 67.0 Å². The molecule has 180 valence electrons. The lowest BCUT2D eigenvalue weighted by Gasteiger charge is -2.28. The zero-order valence-corrected chi connectivity index (χ0v) is 18.9. The van der Waals surface area contributed by atoms with Gasteiger partial charge in [0.2, 0.25) is 5.88 Å². The fourth-order valence-electron chi connectivity index (χ4n) is 4.02. The maximum absolute atomic E-state index is 11.5. The van der Waals surface area contributed by atoms with Crippen molar-refractivity contribution in [2.75, 3.05) is 36.5 Å². The molecule has 5 heterocycles. The molecule has 6 rings (SSSR count). The summed E-state index contributed by atoms with van der Waals surface area (Å²) in [6.45, 7) is 3.64. The van der Waals surface area contributed by atoms with Crippen molar-refractivity contribution < 1.29 is 9.84 Å². The Balaban J connectivity index is 1.33. The van der Waals surface area contributed by atoms with Gasteiger partial charge in [-0.2, -0.15) is 9.61 Å². The first-order chi connectivity index (χ1) is 17.1. The molecule has 0 bridgehead atoms. The molecular weight excluding hydrogens is 450 g/mol. The van der Waals surface area contributed by atoms with Crippen molar-refractivity contribution in [3.8, 4) is 5.88 Å². The molecule has 2 aliphatic rings. The second-order valence-corrected chi connectivity index (χ2v) is 8.66. The highest BCUT2D eigenvalue weighted by atomic mass is 16.5. The van der Waals surface area contributed by atoms with Crippen molar-refractivity contribution in [3.05, 3.63) is 63.0 Å². The van der Waals surface area contributed by atoms with Crippen LogP contribution in [0.2, 0.25) is 0 Å². The summed E-state index contributed by atoms with van der Waals surface area (Å²) in [4.78, 5) is 32.7. The first-order valence-corrected chi connectivity index (χ1v) is 11.6. The number of pyridine rings is 1. The van der Waals surface area contributed by atoms with Crippen LogP contribution >= 0.6 is 0 Å². The Labute approximate surface area is 199 Å². The Morgan fingerprint density at radius 1 is 1.26 bits per heavy atom. The number of imidazole rings is 1. The van der Waals surface area contributed by atoms with Gasteiger partial charge in [-0.15, -0.1) is 0 Å². The van der Waals surface area contributed by atoms with E-state index in [1.54, 1.807) is 16.8 Å². The first kappa shape index (κ1) is 21.4. The average Bonchev–Trinajstić information content (AvgIpc) is 3.51. The second kappa shape index (κ2) is 8.87. The van der Waals surface area contributed by atoms with Gasteiger partial charge in [0.1, 0.15) is 17.3 Å². The number of fused-ring (bicyclic) bond motifs is 1. The number of aromatic nitrogens is 6. The SMILES string of the molecule is O=c1[nH]c(O)c(/C=c2\cnn3c(=NC4CC4)cc(NCc4ccnc(N5CCOCC5)c4)nc23)[nH]1. The van der Waals surface area contributed by atoms with E-state index in [0.717, 1.165) is 37.3 Å². The number of hydrogen-bond acceptors (Lipinski definition) is 9. The molecule has 12 nitrogen and oxygen atoms in total. The normalized spacial score (nSPS) is 17.4. The van der Waals surface area contributed by atoms with Gasteiger partial charge >= 0.3 is 5.69 Å². The molecule has 1 saturated carbocycles. The second-order valence-electron chi connectivity index (χ2n) is 8.66. The highest BCUT2D eigenvalue weighted by molar-refractivity contribution is 5.58. The number of aromatic hydroxyl groups is 1. The minimum atomic E-state index is -0.487. The topological polar surface area (TPSA) is 149 Å². The van der Waals surface area contributed by atoms with E-state index >= 15 is 0 Å². The lowest BCUT2D eigenvalue weighted by atomic mass is 10.2. The van der Waals surface area contributed by atoms with Crippen LogP contribution in [0.1, 0.15) is 24.1 Å². The standard InChI is InChI=1S/C23H25N9O3/c33-22-17(28-23(34)30-22)10-15-13-26-32-20(27-16-1-2-16)11-18(29-21(15)32)25-12-14-3-4-24-19(9-14)31-5-7-35-8-6-31/h3-4,9-11,13,16,25,33H,1-2,5-8,12H2,(H2,28,30,34)/b15-10+,27-20?. The molecule has 12 heteroatoms. The number of nitrogens with zero attached hydrogens (tertiary/aromatic N) is 6. The van der Waals surface area contributed by atoms with Crippen LogP contribution in [0.4, 0.5) is 11.6 Å². The van der Waals surface area contributed by atoms with E-state index in [0.29, 0.717) is 48.0 Å². The minimum absolute atomic E-state index is 0.236. The summed E-state index contributed by atoms with van der Waals surface area (Å²) in [5, 5.41) is 18.4. The van der Waals surface area contributed by atoms with Gasteiger partial charge in [-0.05, 0) is 36.6 Å². The highest BCUT2D eigenvalue weighted by Gasteiger charge is 2.20. The summed E-state index contributed by atoms with van der Waals surface area (Å²) in [5.41, 5.74) is 2.13. The number of morpholine rings is 1. The lowest BCUT2D eigenvalue weighted by Crippen LogP contribution is -2.36. The zero-order chi connectivity index (χ0) is 23.8. The Morgan fingerprint density at radius 2 is 2.11 bits per heavy atom. The fourth-order valence-corrected chi connectivity index (χ4v) is 4.02. The molecule has 0 spiro atoms. The van der Waals surface area contributed by atoms with E-state index in [4.69, 9.17) is 14.7 Å². The smallest absolute Gasteiger partial charge is 0.326 e. The van der Waals surface area contributed by atoms with Gasteiger partial charge in [-0.1, -0.05) is 0 Å². The molecule has 2 fully saturated rings. The van der Waals surface area contributed by atoms with Crippen molar-refractivity contribution in [2.45, 2.75) is 25.4 Å². The van der Waals surface area contributed by atoms with E-state index < -0.39 is 5.69 Å². The Hall–Kier alpha value is -4.19. The largest absolute Gasteiger partial charge is 0.493 e. The zero-order valence-electron chi connectivity index (χ0n) is 18.9. The molecule has 0 atom stereocenters. The van der Waals surface area contributed by atoms with Crippen LogP contribution in [0.25, 0.3) is 11.7 Å². The summed E-state index contributed by atoms with van der Waals surface area (Å²) < 4.78 is 7.12. The lowest BCUT2D eigenvalue weighted by molar-refractivity contribution is 0.122. The minimum Gasteiger partial charge on any atom is -0.493 e. The van der Waals surface area contributed by atoms with Gasteiger partial charge in [0.15, 0.2) is 11.1 Å². The first-order valence-electron chi connectivity index (χ1n) is 11.6. The van der Waals surface area contributed by atoms with Gasteiger partial charge in [0, 0.05) is 37.1 Å². The number of nitrogens with one attached hydrogen (secondary N) is 3. The molecule has 35 heavy (non-hydrogen) atoms. The van der Waals surface area contributed by atoms with Crippen LogP contribution in [0, 0.1) is 0 Å². The van der Waals surface area contributed by atoms with Gasteiger partial charge in [-0.3, -0.25) is 9.98 Å². The quantitative estimate of drug-likeness (QED) is 0.302. The molecular formula is C23H25N9O3. The average molecular weight is 476 g/mol. The molecule has 0 amide bonds. The summed E-state index contributed by atoms with van der Waals surface area (Å²) in [7, 11) is 0. The van der Waals surface area contributed by atoms with Crippen molar-refractivity contribution in [3.63, 3.8) is 0 Å². The fraction of sp³-hybridized carbons (Fsp3) is 0.348. The van der Waals surface area contributed by atoms with E-state index in [1.165, 1.54) is 0 Å². The monoisotopic (exact) mass is 475 g/mol. The number of anilines is 2. The Bertz CT molecular complexity index is 1540. The summed E-state index contributed by atoms with van der Waals surface area (Å²) >= 11 is 0. The van der Waals surface area contributed by atoms with Gasteiger partial charge < -0.3 is 25.0 Å². The highest BCUT2D eigenvalue weighted by Crippen LogP contribution is 2.22. The van der Waals surface area contributed by atoms with E-state index in [1.807, 2.05) is 18.3 Å². The van der Waals surface area contributed by atoms with Gasteiger partial charge in [-0.25, -0.2) is 14.8 Å². The summed E-state index contributed by atoms with van der Waals surface area (Å²) in [6, 6.07) is 6.25.